The van der Waals surface area contributed by atoms with Crippen LogP contribution in [0, 0.1) is 13.8 Å². The van der Waals surface area contributed by atoms with Crippen LogP contribution >= 0.6 is 0 Å². The second kappa shape index (κ2) is 5.57. The Morgan fingerprint density at radius 3 is 2.60 bits per heavy atom. The van der Waals surface area contributed by atoms with Crippen LogP contribution in [0.5, 0.6) is 5.75 Å². The van der Waals surface area contributed by atoms with E-state index in [0.29, 0.717) is 0 Å². The molecule has 0 aliphatic rings. The van der Waals surface area contributed by atoms with Crippen molar-refractivity contribution in [3.63, 3.8) is 0 Å². The molecule has 0 fully saturated rings. The molecule has 1 aromatic heterocycles. The van der Waals surface area contributed by atoms with Gasteiger partial charge in [-0.15, -0.1) is 0 Å². The molecule has 1 N–H and O–H groups in total. The molecule has 0 bridgehead atoms. The van der Waals surface area contributed by atoms with Crippen molar-refractivity contribution in [2.75, 3.05) is 0 Å². The maximum absolute atomic E-state index is 12.0. The molecular weight excluding hydrogens is 256 g/mol. The molecule has 0 spiro atoms. The maximum Gasteiger partial charge on any atom is 0.351 e. The predicted octanol–water partition coefficient (Wildman–Crippen LogP) is 2.86. The van der Waals surface area contributed by atoms with Crippen LogP contribution in [-0.2, 0) is 0 Å². The molecule has 102 valence electrons. The fourth-order valence-electron chi connectivity index (χ4n) is 1.85. The molecule has 20 heavy (non-hydrogen) atoms. The van der Waals surface area contributed by atoms with E-state index >= 15 is 0 Å². The summed E-state index contributed by atoms with van der Waals surface area (Å²) in [5.74, 6) is -0.690. The second-order valence-electron chi connectivity index (χ2n) is 4.46. The predicted molar refractivity (Wildman–Crippen MR) is 75.9 cm³/mol. The molecule has 1 heterocycles. The number of benzene rings is 1. The Kier molecular flexibility index (Phi) is 3.84. The smallest absolute Gasteiger partial charge is 0.351 e. The van der Waals surface area contributed by atoms with Gasteiger partial charge in [0, 0.05) is 6.07 Å². The zero-order valence-electron chi connectivity index (χ0n) is 11.2. The highest BCUT2D eigenvalue weighted by molar-refractivity contribution is 6.08. The third-order valence-corrected chi connectivity index (χ3v) is 2.90. The molecular formula is C16H14O4. The minimum absolute atomic E-state index is 0.256. The molecule has 0 saturated heterocycles. The van der Waals surface area contributed by atoms with Crippen LogP contribution in [0.1, 0.15) is 27.2 Å². The average molecular weight is 270 g/mol. The fourth-order valence-corrected chi connectivity index (χ4v) is 1.85. The van der Waals surface area contributed by atoms with Gasteiger partial charge in [-0.1, -0.05) is 30.3 Å². The van der Waals surface area contributed by atoms with Gasteiger partial charge in [-0.3, -0.25) is 4.79 Å². The summed E-state index contributed by atoms with van der Waals surface area (Å²) in [6, 6.07) is 8.78. The minimum atomic E-state index is -0.832. The van der Waals surface area contributed by atoms with Gasteiger partial charge in [-0.25, -0.2) is 4.79 Å². The van der Waals surface area contributed by atoms with Crippen LogP contribution in [0.25, 0.3) is 6.08 Å². The Bertz CT molecular complexity index is 738. The van der Waals surface area contributed by atoms with Crippen LogP contribution in [0.15, 0.2) is 45.6 Å². The lowest BCUT2D eigenvalue weighted by atomic mass is 10.1. The molecule has 4 nitrogen and oxygen atoms in total. The van der Waals surface area contributed by atoms with Crippen LogP contribution in [0.2, 0.25) is 0 Å². The Hall–Kier alpha value is -2.62. The van der Waals surface area contributed by atoms with E-state index in [1.54, 1.807) is 6.08 Å². The fraction of sp³-hybridized carbons (Fsp3) is 0.125. The third-order valence-electron chi connectivity index (χ3n) is 2.90. The lowest BCUT2D eigenvalue weighted by Crippen LogP contribution is -2.12. The topological polar surface area (TPSA) is 67.5 Å². The van der Waals surface area contributed by atoms with Crippen LogP contribution in [-0.4, -0.2) is 10.9 Å². The first-order valence-corrected chi connectivity index (χ1v) is 6.11. The molecule has 0 radical (unpaired) electrons. The zero-order chi connectivity index (χ0) is 14.7. The van der Waals surface area contributed by atoms with Gasteiger partial charge in [0.2, 0.25) is 0 Å². The molecule has 0 saturated carbocycles. The lowest BCUT2D eigenvalue weighted by Gasteiger charge is -2.01. The van der Waals surface area contributed by atoms with Crippen molar-refractivity contribution in [2.45, 2.75) is 13.8 Å². The van der Waals surface area contributed by atoms with Crippen molar-refractivity contribution in [1.82, 2.24) is 0 Å². The normalized spacial score (nSPS) is 10.9. The highest BCUT2D eigenvalue weighted by atomic mass is 16.4. The van der Waals surface area contributed by atoms with Crippen molar-refractivity contribution in [1.29, 1.82) is 0 Å². The number of aromatic hydroxyl groups is 1. The van der Waals surface area contributed by atoms with E-state index in [1.165, 1.54) is 19.1 Å². The molecule has 0 amide bonds. The molecule has 0 unspecified atom stereocenters. The summed E-state index contributed by atoms with van der Waals surface area (Å²) in [6.07, 6.45) is 2.86. The molecule has 2 aromatic rings. The largest absolute Gasteiger partial charge is 0.507 e. The van der Waals surface area contributed by atoms with E-state index in [2.05, 4.69) is 0 Å². The van der Waals surface area contributed by atoms with Crippen LogP contribution in [0.4, 0.5) is 0 Å². The van der Waals surface area contributed by atoms with Gasteiger partial charge < -0.3 is 9.52 Å². The number of rotatable bonds is 3. The van der Waals surface area contributed by atoms with Gasteiger partial charge in [-0.2, -0.15) is 0 Å². The van der Waals surface area contributed by atoms with Crippen molar-refractivity contribution in [3.8, 4) is 5.75 Å². The summed E-state index contributed by atoms with van der Waals surface area (Å²) < 4.78 is 4.82. The maximum atomic E-state index is 12.0. The summed E-state index contributed by atoms with van der Waals surface area (Å²) in [6.45, 7) is 3.44. The number of aryl methyl sites for hydroxylation is 2. The summed E-state index contributed by atoms with van der Waals surface area (Å²) in [7, 11) is 0. The Morgan fingerprint density at radius 1 is 1.25 bits per heavy atom. The second-order valence-corrected chi connectivity index (χ2v) is 4.46. The lowest BCUT2D eigenvalue weighted by molar-refractivity contribution is 0.104. The van der Waals surface area contributed by atoms with E-state index in [9.17, 15) is 14.7 Å². The minimum Gasteiger partial charge on any atom is -0.507 e. The first-order valence-electron chi connectivity index (χ1n) is 6.11. The number of hydrogen-bond donors (Lipinski definition) is 1. The molecule has 2 rings (SSSR count). The van der Waals surface area contributed by atoms with Crippen LogP contribution in [0.3, 0.4) is 0 Å². The first kappa shape index (κ1) is 13.8. The van der Waals surface area contributed by atoms with E-state index < -0.39 is 11.4 Å². The van der Waals surface area contributed by atoms with Gasteiger partial charge in [0.25, 0.3) is 0 Å². The van der Waals surface area contributed by atoms with E-state index in [0.717, 1.165) is 11.1 Å². The highest BCUT2D eigenvalue weighted by Crippen LogP contribution is 2.16. The van der Waals surface area contributed by atoms with Gasteiger partial charge >= 0.3 is 5.63 Å². The standard InChI is InChI=1S/C16H14O4/c1-10-5-3-4-6-12(10)7-8-13(17)15-14(18)9-11(2)20-16(15)19/h3-9,18H,1-2H3. The molecule has 0 aliphatic heterocycles. The van der Waals surface area contributed by atoms with Gasteiger partial charge in [0.15, 0.2) is 5.78 Å². The van der Waals surface area contributed by atoms with Crippen molar-refractivity contribution >= 4 is 11.9 Å². The number of allylic oxidation sites excluding steroid dienone is 1. The Labute approximate surface area is 116 Å². The van der Waals surface area contributed by atoms with Crippen molar-refractivity contribution in [3.05, 3.63) is 69.3 Å². The van der Waals surface area contributed by atoms with E-state index in [4.69, 9.17) is 4.42 Å². The average Bonchev–Trinajstić information content (AvgIpc) is 2.36. The summed E-state index contributed by atoms with van der Waals surface area (Å²) in [5.41, 5.74) is 0.705. The molecule has 0 aliphatic carbocycles. The Balaban J connectivity index is 2.35. The number of ketones is 1. The van der Waals surface area contributed by atoms with E-state index in [1.807, 2.05) is 31.2 Å². The molecule has 0 atom stereocenters. The quantitative estimate of drug-likeness (QED) is 0.688. The van der Waals surface area contributed by atoms with Crippen LogP contribution < -0.4 is 5.63 Å². The first-order chi connectivity index (χ1) is 9.49. The molecule has 4 heteroatoms. The van der Waals surface area contributed by atoms with Crippen molar-refractivity contribution in [2.24, 2.45) is 0 Å². The van der Waals surface area contributed by atoms with Gasteiger partial charge in [0.1, 0.15) is 17.1 Å². The SMILES string of the molecule is Cc1cc(O)c(C(=O)C=Cc2ccccc2C)c(=O)o1. The summed E-state index contributed by atoms with van der Waals surface area (Å²) >= 11 is 0. The number of hydrogen-bond acceptors (Lipinski definition) is 4. The third kappa shape index (κ3) is 2.85. The molecule has 1 aromatic carbocycles. The summed E-state index contributed by atoms with van der Waals surface area (Å²) in [5, 5.41) is 9.68. The van der Waals surface area contributed by atoms with E-state index in [-0.39, 0.29) is 17.1 Å². The van der Waals surface area contributed by atoms with Crippen molar-refractivity contribution < 1.29 is 14.3 Å². The summed E-state index contributed by atoms with van der Waals surface area (Å²) in [4.78, 5) is 23.6. The number of carbonyl (C=O) groups excluding carboxylic acids is 1. The van der Waals surface area contributed by atoms with Gasteiger partial charge in [0.05, 0.1) is 0 Å². The zero-order valence-corrected chi connectivity index (χ0v) is 11.2. The Morgan fingerprint density at radius 2 is 1.95 bits per heavy atom. The number of carbonyl (C=O) groups is 1. The monoisotopic (exact) mass is 270 g/mol. The van der Waals surface area contributed by atoms with Gasteiger partial charge in [-0.05, 0) is 31.1 Å². The highest BCUT2D eigenvalue weighted by Gasteiger charge is 2.15.